The summed E-state index contributed by atoms with van der Waals surface area (Å²) in [5, 5.41) is 0. The summed E-state index contributed by atoms with van der Waals surface area (Å²) in [6.07, 6.45) is 2.91. The lowest BCUT2D eigenvalue weighted by Crippen LogP contribution is -2.39. The van der Waals surface area contributed by atoms with Gasteiger partial charge in [0.1, 0.15) is 11.6 Å². The topological polar surface area (TPSA) is 53.4 Å². The second-order valence-electron chi connectivity index (χ2n) is 7.41. The monoisotopic (exact) mass is 380 g/mol. The van der Waals surface area contributed by atoms with Crippen molar-refractivity contribution in [2.24, 2.45) is 7.05 Å². The maximum Gasteiger partial charge on any atom is 0.349 e. The van der Waals surface area contributed by atoms with Crippen molar-refractivity contribution in [1.82, 2.24) is 9.55 Å². The minimum atomic E-state index is -1.00. The van der Waals surface area contributed by atoms with E-state index in [0.29, 0.717) is 12.4 Å². The van der Waals surface area contributed by atoms with Gasteiger partial charge in [0, 0.05) is 13.5 Å². The number of imidazole rings is 1. The van der Waals surface area contributed by atoms with E-state index in [4.69, 9.17) is 14.5 Å². The first-order valence-corrected chi connectivity index (χ1v) is 9.76. The van der Waals surface area contributed by atoms with Gasteiger partial charge in [-0.2, -0.15) is 0 Å². The lowest BCUT2D eigenvalue weighted by Gasteiger charge is -2.24. The molecule has 0 fully saturated rings. The van der Waals surface area contributed by atoms with Crippen LogP contribution >= 0.6 is 0 Å². The van der Waals surface area contributed by atoms with Crippen LogP contribution in [-0.4, -0.2) is 27.7 Å². The molecular weight excluding hydrogens is 352 g/mol. The Bertz CT molecular complexity index is 942. The quantitative estimate of drug-likeness (QED) is 0.541. The standard InChI is InChI=1S/C23H28N2O3/c1-5-27-22(26)23(2,3)28-18-15-13-17(14-16-18)9-8-12-21-24-19-10-6-7-11-20(19)25(21)4/h6-7,10-11,13-16H,5,8-9,12H2,1-4H3. The third kappa shape index (κ3) is 4.53. The Hall–Kier alpha value is -2.82. The number of benzene rings is 2. The summed E-state index contributed by atoms with van der Waals surface area (Å²) in [4.78, 5) is 16.7. The second-order valence-corrected chi connectivity index (χ2v) is 7.41. The molecule has 0 spiro atoms. The maximum atomic E-state index is 11.9. The highest BCUT2D eigenvalue weighted by atomic mass is 16.6. The van der Waals surface area contributed by atoms with Gasteiger partial charge in [-0.15, -0.1) is 0 Å². The van der Waals surface area contributed by atoms with Gasteiger partial charge < -0.3 is 14.0 Å². The number of hydrogen-bond donors (Lipinski definition) is 0. The molecule has 0 amide bonds. The molecule has 28 heavy (non-hydrogen) atoms. The molecule has 0 N–H and O–H groups in total. The highest BCUT2D eigenvalue weighted by Gasteiger charge is 2.31. The van der Waals surface area contributed by atoms with Crippen molar-refractivity contribution in [3.8, 4) is 5.75 Å². The Morgan fingerprint density at radius 3 is 2.46 bits per heavy atom. The van der Waals surface area contributed by atoms with Crippen molar-refractivity contribution in [3.05, 3.63) is 59.9 Å². The summed E-state index contributed by atoms with van der Waals surface area (Å²) in [6.45, 7) is 5.57. The van der Waals surface area contributed by atoms with Crippen LogP contribution in [0.2, 0.25) is 0 Å². The average molecular weight is 380 g/mol. The minimum Gasteiger partial charge on any atom is -0.476 e. The third-order valence-corrected chi connectivity index (χ3v) is 4.81. The predicted octanol–water partition coefficient (Wildman–Crippen LogP) is 4.47. The number of hydrogen-bond acceptors (Lipinski definition) is 4. The number of carbonyl (C=O) groups excluding carboxylic acids is 1. The van der Waals surface area contributed by atoms with Crippen LogP contribution < -0.4 is 4.74 Å². The van der Waals surface area contributed by atoms with Crippen LogP contribution in [0.5, 0.6) is 5.75 Å². The van der Waals surface area contributed by atoms with Gasteiger partial charge in [0.15, 0.2) is 5.60 Å². The molecule has 0 bridgehead atoms. The molecular formula is C23H28N2O3. The van der Waals surface area contributed by atoms with Crippen molar-refractivity contribution in [2.75, 3.05) is 6.61 Å². The molecule has 0 aliphatic heterocycles. The highest BCUT2D eigenvalue weighted by molar-refractivity contribution is 5.79. The lowest BCUT2D eigenvalue weighted by molar-refractivity contribution is -0.158. The first kappa shape index (κ1) is 19.9. The summed E-state index contributed by atoms with van der Waals surface area (Å²) in [7, 11) is 2.07. The van der Waals surface area contributed by atoms with E-state index in [0.717, 1.165) is 30.6 Å². The summed E-state index contributed by atoms with van der Waals surface area (Å²) in [5.74, 6) is 1.41. The Morgan fingerprint density at radius 1 is 1.07 bits per heavy atom. The summed E-state index contributed by atoms with van der Waals surface area (Å²) in [5.41, 5.74) is 2.45. The fraction of sp³-hybridized carbons (Fsp3) is 0.391. The number of nitrogens with zero attached hydrogens (tertiary/aromatic N) is 2. The Kier molecular flexibility index (Phi) is 6.02. The van der Waals surface area contributed by atoms with Gasteiger partial charge in [-0.3, -0.25) is 0 Å². The molecule has 2 aromatic carbocycles. The first-order valence-electron chi connectivity index (χ1n) is 9.76. The summed E-state index contributed by atoms with van der Waals surface area (Å²) < 4.78 is 13.0. The van der Waals surface area contributed by atoms with E-state index in [1.54, 1.807) is 20.8 Å². The molecule has 0 aliphatic rings. The smallest absolute Gasteiger partial charge is 0.349 e. The van der Waals surface area contributed by atoms with Gasteiger partial charge in [0.2, 0.25) is 0 Å². The van der Waals surface area contributed by atoms with Crippen LogP contribution in [-0.2, 0) is 29.4 Å². The maximum absolute atomic E-state index is 11.9. The second kappa shape index (κ2) is 8.46. The van der Waals surface area contributed by atoms with Gasteiger partial charge >= 0.3 is 5.97 Å². The average Bonchev–Trinajstić information content (AvgIpc) is 2.99. The van der Waals surface area contributed by atoms with E-state index >= 15 is 0 Å². The lowest BCUT2D eigenvalue weighted by atomic mass is 10.1. The fourth-order valence-electron chi connectivity index (χ4n) is 3.23. The SMILES string of the molecule is CCOC(=O)C(C)(C)Oc1ccc(CCCc2nc3ccccc3n2C)cc1. The van der Waals surface area contributed by atoms with Crippen molar-refractivity contribution in [2.45, 2.75) is 45.6 Å². The van der Waals surface area contributed by atoms with E-state index in [1.165, 1.54) is 11.1 Å². The number of aromatic nitrogens is 2. The van der Waals surface area contributed by atoms with E-state index in [9.17, 15) is 4.79 Å². The molecule has 0 aliphatic carbocycles. The van der Waals surface area contributed by atoms with E-state index < -0.39 is 5.60 Å². The van der Waals surface area contributed by atoms with Crippen LogP contribution in [0.4, 0.5) is 0 Å². The van der Waals surface area contributed by atoms with Crippen molar-refractivity contribution in [1.29, 1.82) is 0 Å². The normalized spacial score (nSPS) is 11.6. The highest BCUT2D eigenvalue weighted by Crippen LogP contribution is 2.21. The molecule has 0 unspecified atom stereocenters. The van der Waals surface area contributed by atoms with Crippen molar-refractivity contribution >= 4 is 17.0 Å². The zero-order valence-electron chi connectivity index (χ0n) is 17.1. The molecule has 1 aromatic heterocycles. The zero-order valence-corrected chi connectivity index (χ0v) is 17.1. The van der Waals surface area contributed by atoms with Crippen LogP contribution in [0.25, 0.3) is 11.0 Å². The predicted molar refractivity (Wildman–Crippen MR) is 111 cm³/mol. The number of carbonyl (C=O) groups is 1. The number of ether oxygens (including phenoxy) is 2. The van der Waals surface area contributed by atoms with Crippen LogP contribution in [0, 0.1) is 0 Å². The largest absolute Gasteiger partial charge is 0.476 e. The zero-order chi connectivity index (χ0) is 20.1. The van der Waals surface area contributed by atoms with E-state index in [2.05, 4.69) is 23.7 Å². The first-order chi connectivity index (χ1) is 13.4. The van der Waals surface area contributed by atoms with E-state index in [1.807, 2.05) is 36.4 Å². The Morgan fingerprint density at radius 2 is 1.79 bits per heavy atom. The molecule has 5 heteroatoms. The molecule has 5 nitrogen and oxygen atoms in total. The molecule has 1 heterocycles. The van der Waals surface area contributed by atoms with Crippen LogP contribution in [0.1, 0.15) is 38.6 Å². The van der Waals surface area contributed by atoms with Gasteiger partial charge in [0.25, 0.3) is 0 Å². The number of fused-ring (bicyclic) bond motifs is 1. The molecule has 0 atom stereocenters. The number of rotatable bonds is 8. The Labute approximate surface area is 166 Å². The fourth-order valence-corrected chi connectivity index (χ4v) is 3.23. The van der Waals surface area contributed by atoms with Gasteiger partial charge in [-0.05, 0) is 63.4 Å². The van der Waals surface area contributed by atoms with Gasteiger partial charge in [-0.25, -0.2) is 9.78 Å². The minimum absolute atomic E-state index is 0.343. The van der Waals surface area contributed by atoms with Crippen molar-refractivity contribution < 1.29 is 14.3 Å². The molecule has 148 valence electrons. The van der Waals surface area contributed by atoms with E-state index in [-0.39, 0.29) is 5.97 Å². The number of esters is 1. The Balaban J connectivity index is 1.55. The molecule has 0 radical (unpaired) electrons. The third-order valence-electron chi connectivity index (χ3n) is 4.81. The molecule has 3 rings (SSSR count). The van der Waals surface area contributed by atoms with Crippen molar-refractivity contribution in [3.63, 3.8) is 0 Å². The molecule has 0 saturated heterocycles. The number of para-hydroxylation sites is 2. The molecule has 0 saturated carbocycles. The van der Waals surface area contributed by atoms with Crippen LogP contribution in [0.3, 0.4) is 0 Å². The van der Waals surface area contributed by atoms with Gasteiger partial charge in [-0.1, -0.05) is 24.3 Å². The van der Waals surface area contributed by atoms with Crippen LogP contribution in [0.15, 0.2) is 48.5 Å². The summed E-state index contributed by atoms with van der Waals surface area (Å²) in [6, 6.07) is 16.1. The number of aryl methyl sites for hydroxylation is 3. The van der Waals surface area contributed by atoms with Gasteiger partial charge in [0.05, 0.1) is 17.6 Å². The molecule has 3 aromatic rings. The summed E-state index contributed by atoms with van der Waals surface area (Å²) >= 11 is 0.